The predicted molar refractivity (Wildman–Crippen MR) is 46.4 cm³/mol. The molecule has 0 saturated heterocycles. The van der Waals surface area contributed by atoms with Crippen molar-refractivity contribution in [1.29, 1.82) is 0 Å². The molecule has 0 saturated carbocycles. The van der Waals surface area contributed by atoms with E-state index < -0.39 is 0 Å². The van der Waals surface area contributed by atoms with Crippen molar-refractivity contribution in [2.45, 2.75) is 26.4 Å². The molecule has 1 rings (SSSR count). The molecule has 0 amide bonds. The van der Waals surface area contributed by atoms with E-state index in [4.69, 9.17) is 0 Å². The van der Waals surface area contributed by atoms with Gasteiger partial charge in [-0.3, -0.25) is 0 Å². The van der Waals surface area contributed by atoms with E-state index in [0.29, 0.717) is 0 Å². The Morgan fingerprint density at radius 2 is 2.00 bits per heavy atom. The maximum absolute atomic E-state index is 9.51. The molecule has 0 fully saturated rings. The smallest absolute Gasteiger partial charge is 0.0790 e. The fourth-order valence-electron chi connectivity index (χ4n) is 1.18. The van der Waals surface area contributed by atoms with Crippen LogP contribution in [0.5, 0.6) is 0 Å². The van der Waals surface area contributed by atoms with Gasteiger partial charge < -0.3 is 5.11 Å². The second kappa shape index (κ2) is 3.54. The van der Waals surface area contributed by atoms with Crippen LogP contribution in [0.3, 0.4) is 0 Å². The summed E-state index contributed by atoms with van der Waals surface area (Å²) in [6.45, 7) is 4.01. The maximum Gasteiger partial charge on any atom is 0.0790 e. The van der Waals surface area contributed by atoms with Gasteiger partial charge in [-0.05, 0) is 24.5 Å². The number of aliphatic hydroxyl groups excluding tert-OH is 1. The van der Waals surface area contributed by atoms with E-state index in [9.17, 15) is 5.11 Å². The van der Waals surface area contributed by atoms with Gasteiger partial charge in [0.05, 0.1) is 6.10 Å². The standard InChI is InChI=1S/C10H14O/c1-3-10(11)9-7-5-4-6-8(9)2/h4-7,10-11H,3H2,1-2H3/t10-/m1/s1. The van der Waals surface area contributed by atoms with Gasteiger partial charge in [0.1, 0.15) is 0 Å². The molecule has 0 heterocycles. The predicted octanol–water partition coefficient (Wildman–Crippen LogP) is 2.44. The summed E-state index contributed by atoms with van der Waals surface area (Å²) < 4.78 is 0. The number of hydrogen-bond donors (Lipinski definition) is 1. The van der Waals surface area contributed by atoms with Gasteiger partial charge in [0.2, 0.25) is 0 Å². The molecule has 1 aromatic carbocycles. The zero-order chi connectivity index (χ0) is 8.27. The molecule has 0 spiro atoms. The maximum atomic E-state index is 9.51. The third-order valence-corrected chi connectivity index (χ3v) is 1.93. The second-order valence-corrected chi connectivity index (χ2v) is 2.78. The monoisotopic (exact) mass is 150 g/mol. The van der Waals surface area contributed by atoms with Crippen LogP contribution in [0, 0.1) is 6.92 Å². The van der Waals surface area contributed by atoms with E-state index in [2.05, 4.69) is 0 Å². The molecule has 0 aliphatic carbocycles. The Kier molecular flexibility index (Phi) is 2.66. The van der Waals surface area contributed by atoms with Crippen molar-refractivity contribution >= 4 is 0 Å². The fourth-order valence-corrected chi connectivity index (χ4v) is 1.18. The van der Waals surface area contributed by atoms with E-state index >= 15 is 0 Å². The zero-order valence-corrected chi connectivity index (χ0v) is 7.04. The van der Waals surface area contributed by atoms with E-state index in [0.717, 1.165) is 12.0 Å². The third-order valence-electron chi connectivity index (χ3n) is 1.93. The summed E-state index contributed by atoms with van der Waals surface area (Å²) in [5, 5.41) is 9.51. The van der Waals surface area contributed by atoms with Crippen molar-refractivity contribution < 1.29 is 5.11 Å². The molecule has 1 atom stereocenters. The lowest BCUT2D eigenvalue weighted by Crippen LogP contribution is -1.97. The molecule has 0 aromatic heterocycles. The van der Waals surface area contributed by atoms with Crippen LogP contribution in [0.2, 0.25) is 0 Å². The van der Waals surface area contributed by atoms with Gasteiger partial charge in [-0.2, -0.15) is 0 Å². The summed E-state index contributed by atoms with van der Waals surface area (Å²) in [4.78, 5) is 0. The van der Waals surface area contributed by atoms with Crippen LogP contribution in [-0.4, -0.2) is 5.11 Å². The van der Waals surface area contributed by atoms with Gasteiger partial charge in [0, 0.05) is 0 Å². The Hall–Kier alpha value is -0.820. The molecule has 0 radical (unpaired) electrons. The van der Waals surface area contributed by atoms with Crippen LogP contribution in [0.4, 0.5) is 0 Å². The first kappa shape index (κ1) is 8.28. The first-order valence-electron chi connectivity index (χ1n) is 3.99. The first-order valence-corrected chi connectivity index (χ1v) is 3.99. The molecule has 11 heavy (non-hydrogen) atoms. The summed E-state index contributed by atoms with van der Waals surface area (Å²) >= 11 is 0. The SMILES string of the molecule is CC[C@@H](O)c1ccccc1C. The summed E-state index contributed by atoms with van der Waals surface area (Å²) in [5.41, 5.74) is 2.22. The van der Waals surface area contributed by atoms with Crippen molar-refractivity contribution in [2.24, 2.45) is 0 Å². The van der Waals surface area contributed by atoms with E-state index in [-0.39, 0.29) is 6.10 Å². The van der Waals surface area contributed by atoms with Gasteiger partial charge in [-0.25, -0.2) is 0 Å². The third kappa shape index (κ3) is 1.81. The number of rotatable bonds is 2. The van der Waals surface area contributed by atoms with Crippen molar-refractivity contribution in [2.75, 3.05) is 0 Å². The Bertz CT molecular complexity index is 230. The number of aryl methyl sites for hydroxylation is 1. The van der Waals surface area contributed by atoms with Crippen LogP contribution >= 0.6 is 0 Å². The number of aliphatic hydroxyl groups is 1. The Balaban J connectivity index is 2.93. The highest BCUT2D eigenvalue weighted by atomic mass is 16.3. The summed E-state index contributed by atoms with van der Waals surface area (Å²) in [6, 6.07) is 7.94. The van der Waals surface area contributed by atoms with Gasteiger partial charge >= 0.3 is 0 Å². The lowest BCUT2D eigenvalue weighted by Gasteiger charge is -2.10. The second-order valence-electron chi connectivity index (χ2n) is 2.78. The Morgan fingerprint density at radius 3 is 2.55 bits per heavy atom. The molecular weight excluding hydrogens is 136 g/mol. The number of hydrogen-bond acceptors (Lipinski definition) is 1. The average molecular weight is 150 g/mol. The largest absolute Gasteiger partial charge is 0.388 e. The molecule has 0 aliphatic heterocycles. The quantitative estimate of drug-likeness (QED) is 0.686. The summed E-state index contributed by atoms with van der Waals surface area (Å²) in [6.07, 6.45) is 0.487. The molecule has 1 heteroatoms. The summed E-state index contributed by atoms with van der Waals surface area (Å²) in [7, 11) is 0. The minimum Gasteiger partial charge on any atom is -0.388 e. The van der Waals surface area contributed by atoms with E-state index in [1.807, 2.05) is 38.1 Å². The van der Waals surface area contributed by atoms with Crippen LogP contribution in [0.1, 0.15) is 30.6 Å². The minimum atomic E-state index is -0.295. The molecule has 0 bridgehead atoms. The van der Waals surface area contributed by atoms with Crippen LogP contribution in [0.15, 0.2) is 24.3 Å². The topological polar surface area (TPSA) is 20.2 Å². The molecule has 1 aromatic rings. The molecule has 1 nitrogen and oxygen atoms in total. The normalized spacial score (nSPS) is 13.0. The van der Waals surface area contributed by atoms with Crippen molar-refractivity contribution in [3.8, 4) is 0 Å². The van der Waals surface area contributed by atoms with Crippen LogP contribution < -0.4 is 0 Å². The fraction of sp³-hybridized carbons (Fsp3) is 0.400. The van der Waals surface area contributed by atoms with Gasteiger partial charge in [0.15, 0.2) is 0 Å². The molecule has 0 unspecified atom stereocenters. The van der Waals surface area contributed by atoms with Crippen LogP contribution in [-0.2, 0) is 0 Å². The van der Waals surface area contributed by atoms with Crippen molar-refractivity contribution in [1.82, 2.24) is 0 Å². The highest BCUT2D eigenvalue weighted by molar-refractivity contribution is 5.27. The minimum absolute atomic E-state index is 0.295. The molecular formula is C10H14O. The zero-order valence-electron chi connectivity index (χ0n) is 7.04. The Labute approximate surface area is 67.7 Å². The van der Waals surface area contributed by atoms with Crippen molar-refractivity contribution in [3.05, 3.63) is 35.4 Å². The first-order chi connectivity index (χ1) is 5.25. The molecule has 60 valence electrons. The lowest BCUT2D eigenvalue weighted by atomic mass is 10.0. The molecule has 0 aliphatic rings. The van der Waals surface area contributed by atoms with E-state index in [1.54, 1.807) is 0 Å². The highest BCUT2D eigenvalue weighted by Gasteiger charge is 2.05. The van der Waals surface area contributed by atoms with Crippen molar-refractivity contribution in [3.63, 3.8) is 0 Å². The lowest BCUT2D eigenvalue weighted by molar-refractivity contribution is 0.173. The van der Waals surface area contributed by atoms with Crippen LogP contribution in [0.25, 0.3) is 0 Å². The Morgan fingerprint density at radius 1 is 1.36 bits per heavy atom. The van der Waals surface area contributed by atoms with E-state index in [1.165, 1.54) is 5.56 Å². The van der Waals surface area contributed by atoms with Gasteiger partial charge in [0.25, 0.3) is 0 Å². The highest BCUT2D eigenvalue weighted by Crippen LogP contribution is 2.19. The summed E-state index contributed by atoms with van der Waals surface area (Å²) in [5.74, 6) is 0. The van der Waals surface area contributed by atoms with Gasteiger partial charge in [-0.15, -0.1) is 0 Å². The number of benzene rings is 1. The molecule has 1 N–H and O–H groups in total. The van der Waals surface area contributed by atoms with Gasteiger partial charge in [-0.1, -0.05) is 31.2 Å². The average Bonchev–Trinajstić information content (AvgIpc) is 2.04.